The molecule has 0 spiro atoms. The van der Waals surface area contributed by atoms with Crippen LogP contribution in [0.1, 0.15) is 49.3 Å². The molecule has 1 aliphatic carbocycles. The lowest BCUT2D eigenvalue weighted by Gasteiger charge is -2.27. The summed E-state index contributed by atoms with van der Waals surface area (Å²) in [6.45, 7) is 1.87. The molecule has 1 N–H and O–H groups in total. The largest absolute Gasteiger partial charge is 0.351 e. The first-order chi connectivity index (χ1) is 15.0. The molecule has 1 fully saturated rings. The van der Waals surface area contributed by atoms with Gasteiger partial charge in [0.25, 0.3) is 11.2 Å². The number of pyridine rings is 1. The SMILES string of the molecule is Cc1cn(C(C(=O)NC2CCCCC2)c2ccccc2[N+](=O)[O-])c(=O)c2ccccc12. The van der Waals surface area contributed by atoms with Crippen LogP contribution in [0.15, 0.2) is 59.5 Å². The van der Waals surface area contributed by atoms with Crippen molar-refractivity contribution in [1.29, 1.82) is 0 Å². The maximum atomic E-state index is 13.5. The molecule has 0 aliphatic heterocycles. The summed E-state index contributed by atoms with van der Waals surface area (Å²) in [6.07, 6.45) is 6.60. The number of nitrogens with one attached hydrogen (secondary N) is 1. The number of nitro benzene ring substituents is 1. The van der Waals surface area contributed by atoms with Crippen LogP contribution in [0.5, 0.6) is 0 Å². The van der Waals surface area contributed by atoms with Crippen LogP contribution in [0, 0.1) is 17.0 Å². The number of carbonyl (C=O) groups excluding carboxylic acids is 1. The molecule has 3 aromatic rings. The minimum absolute atomic E-state index is 0.0174. The van der Waals surface area contributed by atoms with Crippen LogP contribution >= 0.6 is 0 Å². The van der Waals surface area contributed by atoms with E-state index in [0.29, 0.717) is 5.39 Å². The third-order valence-corrected chi connectivity index (χ3v) is 6.06. The average molecular weight is 419 g/mol. The molecule has 1 aliphatic rings. The van der Waals surface area contributed by atoms with Crippen molar-refractivity contribution in [2.75, 3.05) is 0 Å². The van der Waals surface area contributed by atoms with E-state index in [4.69, 9.17) is 0 Å². The van der Waals surface area contributed by atoms with E-state index in [-0.39, 0.29) is 22.9 Å². The Morgan fingerprint density at radius 1 is 1.06 bits per heavy atom. The van der Waals surface area contributed by atoms with Crippen molar-refractivity contribution in [3.8, 4) is 0 Å². The Hall–Kier alpha value is -3.48. The zero-order valence-electron chi connectivity index (χ0n) is 17.4. The van der Waals surface area contributed by atoms with Crippen molar-refractivity contribution in [3.63, 3.8) is 0 Å². The van der Waals surface area contributed by atoms with Gasteiger partial charge in [-0.15, -0.1) is 0 Å². The van der Waals surface area contributed by atoms with Crippen molar-refractivity contribution in [2.45, 2.75) is 51.1 Å². The predicted octanol–water partition coefficient (Wildman–Crippen LogP) is 4.26. The van der Waals surface area contributed by atoms with E-state index in [1.807, 2.05) is 19.1 Å². The van der Waals surface area contributed by atoms with E-state index in [2.05, 4.69) is 5.32 Å². The molecule has 0 bridgehead atoms. The van der Waals surface area contributed by atoms with Crippen LogP contribution in [0.4, 0.5) is 5.69 Å². The number of carbonyl (C=O) groups is 1. The molecule has 0 radical (unpaired) electrons. The van der Waals surface area contributed by atoms with E-state index in [1.54, 1.807) is 36.5 Å². The quantitative estimate of drug-likeness (QED) is 0.494. The van der Waals surface area contributed by atoms with Gasteiger partial charge < -0.3 is 5.32 Å². The highest BCUT2D eigenvalue weighted by Gasteiger charge is 2.32. The van der Waals surface area contributed by atoms with Crippen LogP contribution in [-0.4, -0.2) is 21.4 Å². The zero-order chi connectivity index (χ0) is 22.0. The number of amides is 1. The summed E-state index contributed by atoms with van der Waals surface area (Å²) in [6, 6.07) is 12.2. The Morgan fingerprint density at radius 3 is 2.42 bits per heavy atom. The Bertz CT molecular complexity index is 1190. The second kappa shape index (κ2) is 8.71. The fourth-order valence-corrected chi connectivity index (χ4v) is 4.51. The third-order valence-electron chi connectivity index (χ3n) is 6.06. The Balaban J connectivity index is 1.88. The lowest BCUT2D eigenvalue weighted by molar-refractivity contribution is -0.385. The standard InChI is InChI=1S/C24H25N3O4/c1-16-15-26(24(29)19-12-6-5-11-18(16)19)22(20-13-7-8-14-21(20)27(30)31)23(28)25-17-9-3-2-4-10-17/h5-8,11-15,17,22H,2-4,9-10H2,1H3,(H,25,28). The summed E-state index contributed by atoms with van der Waals surface area (Å²) >= 11 is 0. The minimum atomic E-state index is -1.13. The van der Waals surface area contributed by atoms with E-state index in [9.17, 15) is 19.7 Å². The summed E-state index contributed by atoms with van der Waals surface area (Å²) in [5, 5.41) is 16.1. The molecule has 1 saturated carbocycles. The lowest BCUT2D eigenvalue weighted by atomic mass is 9.94. The van der Waals surface area contributed by atoms with Gasteiger partial charge in [-0.05, 0) is 42.8 Å². The molecule has 1 amide bonds. The fraction of sp³-hybridized carbons (Fsp3) is 0.333. The summed E-state index contributed by atoms with van der Waals surface area (Å²) in [7, 11) is 0. The number of aryl methyl sites for hydroxylation is 1. The second-order valence-corrected chi connectivity index (χ2v) is 8.13. The van der Waals surface area contributed by atoms with Crippen molar-refractivity contribution >= 4 is 22.4 Å². The van der Waals surface area contributed by atoms with Gasteiger partial charge >= 0.3 is 0 Å². The molecule has 2 aromatic carbocycles. The normalized spacial score (nSPS) is 15.5. The number of hydrogen-bond acceptors (Lipinski definition) is 4. The first-order valence-electron chi connectivity index (χ1n) is 10.6. The summed E-state index contributed by atoms with van der Waals surface area (Å²) in [5.74, 6) is -0.391. The van der Waals surface area contributed by atoms with Gasteiger partial charge in [-0.2, -0.15) is 0 Å². The molecular formula is C24H25N3O4. The van der Waals surface area contributed by atoms with Crippen LogP contribution in [0.25, 0.3) is 10.8 Å². The summed E-state index contributed by atoms with van der Waals surface area (Å²) in [5.41, 5.74) is 0.508. The van der Waals surface area contributed by atoms with Gasteiger partial charge in [-0.3, -0.25) is 24.3 Å². The van der Waals surface area contributed by atoms with Gasteiger partial charge in [0.2, 0.25) is 5.91 Å². The summed E-state index contributed by atoms with van der Waals surface area (Å²) in [4.78, 5) is 38.1. The van der Waals surface area contributed by atoms with Gasteiger partial charge in [-0.25, -0.2) is 0 Å². The molecule has 1 atom stereocenters. The van der Waals surface area contributed by atoms with E-state index >= 15 is 0 Å². The topological polar surface area (TPSA) is 94.2 Å². The number of nitro groups is 1. The monoisotopic (exact) mass is 419 g/mol. The van der Waals surface area contributed by atoms with Gasteiger partial charge in [0.05, 0.1) is 10.5 Å². The zero-order valence-corrected chi connectivity index (χ0v) is 17.4. The van der Waals surface area contributed by atoms with Crippen molar-refractivity contribution < 1.29 is 9.72 Å². The van der Waals surface area contributed by atoms with Crippen LogP contribution in [0.2, 0.25) is 0 Å². The van der Waals surface area contributed by atoms with Crippen LogP contribution in [-0.2, 0) is 4.79 Å². The Morgan fingerprint density at radius 2 is 1.71 bits per heavy atom. The molecule has 7 nitrogen and oxygen atoms in total. The second-order valence-electron chi connectivity index (χ2n) is 8.13. The van der Waals surface area contributed by atoms with E-state index in [1.165, 1.54) is 10.6 Å². The molecular weight excluding hydrogens is 394 g/mol. The molecule has 4 rings (SSSR count). The number of hydrogen-bond donors (Lipinski definition) is 1. The number of fused-ring (bicyclic) bond motifs is 1. The van der Waals surface area contributed by atoms with Crippen LogP contribution in [0.3, 0.4) is 0 Å². The van der Waals surface area contributed by atoms with Crippen molar-refractivity contribution in [1.82, 2.24) is 9.88 Å². The first-order valence-corrected chi connectivity index (χ1v) is 10.6. The molecule has 31 heavy (non-hydrogen) atoms. The predicted molar refractivity (Wildman–Crippen MR) is 119 cm³/mol. The Labute approximate surface area is 179 Å². The number of para-hydroxylation sites is 1. The number of nitrogens with zero attached hydrogens (tertiary/aromatic N) is 2. The van der Waals surface area contributed by atoms with Gasteiger partial charge in [0.1, 0.15) is 6.04 Å². The molecule has 7 heteroatoms. The third kappa shape index (κ3) is 4.08. The smallest absolute Gasteiger partial charge is 0.275 e. The van der Waals surface area contributed by atoms with Gasteiger partial charge in [0.15, 0.2) is 0 Å². The number of rotatable bonds is 5. The fourth-order valence-electron chi connectivity index (χ4n) is 4.51. The lowest BCUT2D eigenvalue weighted by Crippen LogP contribution is -2.43. The van der Waals surface area contributed by atoms with Crippen LogP contribution < -0.4 is 10.9 Å². The maximum absolute atomic E-state index is 13.5. The number of benzene rings is 2. The highest BCUT2D eigenvalue weighted by atomic mass is 16.6. The Kier molecular flexibility index (Phi) is 5.84. The van der Waals surface area contributed by atoms with E-state index in [0.717, 1.165) is 43.1 Å². The summed E-state index contributed by atoms with van der Waals surface area (Å²) < 4.78 is 1.35. The van der Waals surface area contributed by atoms with E-state index < -0.39 is 16.9 Å². The molecule has 160 valence electrons. The van der Waals surface area contributed by atoms with Crippen molar-refractivity contribution in [2.24, 2.45) is 0 Å². The molecule has 1 unspecified atom stereocenters. The number of aromatic nitrogens is 1. The van der Waals surface area contributed by atoms with Gasteiger partial charge in [0, 0.05) is 23.7 Å². The minimum Gasteiger partial charge on any atom is -0.351 e. The average Bonchev–Trinajstić information content (AvgIpc) is 2.78. The molecule has 1 heterocycles. The van der Waals surface area contributed by atoms with Crippen molar-refractivity contribution in [3.05, 3.63) is 86.3 Å². The highest BCUT2D eigenvalue weighted by molar-refractivity contribution is 5.88. The molecule has 1 aromatic heterocycles. The first kappa shape index (κ1) is 20.8. The molecule has 0 saturated heterocycles. The van der Waals surface area contributed by atoms with Gasteiger partial charge in [-0.1, -0.05) is 49.6 Å². The highest BCUT2D eigenvalue weighted by Crippen LogP contribution is 2.29. The maximum Gasteiger partial charge on any atom is 0.275 e.